The molecule has 1 saturated heterocycles. The normalized spacial score (nSPS) is 17.4. The van der Waals surface area contributed by atoms with Gasteiger partial charge in [0.05, 0.1) is 11.1 Å². The Balaban J connectivity index is 1.48. The van der Waals surface area contributed by atoms with Crippen LogP contribution in [0.15, 0.2) is 41.4 Å². The summed E-state index contributed by atoms with van der Waals surface area (Å²) in [6.07, 6.45) is 7.28. The fourth-order valence-corrected chi connectivity index (χ4v) is 4.57. The molecule has 0 unspecified atom stereocenters. The number of pyridine rings is 1. The minimum atomic E-state index is -0.00527. The lowest BCUT2D eigenvalue weighted by molar-refractivity contribution is 0.0689. The zero-order valence-corrected chi connectivity index (χ0v) is 17.0. The van der Waals surface area contributed by atoms with Crippen molar-refractivity contribution >= 4 is 17.7 Å². The summed E-state index contributed by atoms with van der Waals surface area (Å²) in [5.41, 5.74) is 3.33. The highest BCUT2D eigenvalue weighted by Crippen LogP contribution is 2.41. The van der Waals surface area contributed by atoms with Crippen LogP contribution in [0, 0.1) is 17.2 Å². The van der Waals surface area contributed by atoms with Crippen molar-refractivity contribution in [3.8, 4) is 6.07 Å². The van der Waals surface area contributed by atoms with Crippen molar-refractivity contribution in [3.05, 3.63) is 58.8 Å². The lowest BCUT2D eigenvalue weighted by Gasteiger charge is -2.32. The third-order valence-corrected chi connectivity index (χ3v) is 6.49. The molecule has 28 heavy (non-hydrogen) atoms. The summed E-state index contributed by atoms with van der Waals surface area (Å²) in [5, 5.41) is 10.3. The zero-order chi connectivity index (χ0) is 19.5. The molecule has 4 rings (SSSR count). The maximum Gasteiger partial charge on any atom is 0.255 e. The van der Waals surface area contributed by atoms with E-state index in [2.05, 4.69) is 35.3 Å². The number of rotatable bonds is 5. The van der Waals surface area contributed by atoms with Crippen molar-refractivity contribution in [2.24, 2.45) is 5.92 Å². The number of piperidine rings is 1. The molecule has 0 bridgehead atoms. The molecule has 2 heterocycles. The highest BCUT2D eigenvalue weighted by Gasteiger charge is 2.31. The number of nitriles is 1. The molecule has 4 nitrogen and oxygen atoms in total. The van der Waals surface area contributed by atoms with Crippen molar-refractivity contribution in [3.63, 3.8) is 0 Å². The molecule has 0 atom stereocenters. The van der Waals surface area contributed by atoms with E-state index in [9.17, 15) is 10.1 Å². The summed E-state index contributed by atoms with van der Waals surface area (Å²) < 4.78 is 0. The van der Waals surface area contributed by atoms with Crippen LogP contribution in [-0.4, -0.2) is 35.1 Å². The first-order valence-corrected chi connectivity index (χ1v) is 11.2. The van der Waals surface area contributed by atoms with Gasteiger partial charge in [0.15, 0.2) is 0 Å². The minimum absolute atomic E-state index is 0.00527. The molecule has 2 aliphatic rings. The van der Waals surface area contributed by atoms with Crippen LogP contribution in [-0.2, 0) is 6.42 Å². The maximum absolute atomic E-state index is 13.2. The SMILES string of the molecule is CSc1nc(C2CC2)cc(C(=O)N2CCC(Cc3ccccc3)CC2)c1C#N. The maximum atomic E-state index is 13.2. The second-order valence-electron chi connectivity index (χ2n) is 7.79. The summed E-state index contributed by atoms with van der Waals surface area (Å²) in [6.45, 7) is 1.52. The van der Waals surface area contributed by atoms with Gasteiger partial charge in [-0.25, -0.2) is 4.98 Å². The average molecular weight is 392 g/mol. The van der Waals surface area contributed by atoms with Gasteiger partial charge in [0.1, 0.15) is 11.1 Å². The lowest BCUT2D eigenvalue weighted by atomic mass is 9.90. The third-order valence-electron chi connectivity index (χ3n) is 5.81. The third kappa shape index (κ3) is 4.07. The van der Waals surface area contributed by atoms with Crippen LogP contribution >= 0.6 is 11.8 Å². The van der Waals surface area contributed by atoms with Crippen molar-refractivity contribution in [2.45, 2.75) is 43.0 Å². The monoisotopic (exact) mass is 391 g/mol. The zero-order valence-electron chi connectivity index (χ0n) is 16.2. The molecule has 1 aliphatic carbocycles. The van der Waals surface area contributed by atoms with Crippen LogP contribution < -0.4 is 0 Å². The Hall–Kier alpha value is -2.32. The van der Waals surface area contributed by atoms with Gasteiger partial charge in [-0.2, -0.15) is 5.26 Å². The van der Waals surface area contributed by atoms with Crippen LogP contribution in [0.5, 0.6) is 0 Å². The number of likely N-dealkylation sites (tertiary alicyclic amines) is 1. The predicted molar refractivity (Wildman–Crippen MR) is 111 cm³/mol. The van der Waals surface area contributed by atoms with E-state index in [0.29, 0.717) is 28.0 Å². The molecular weight excluding hydrogens is 366 g/mol. The Morgan fingerprint density at radius 1 is 1.21 bits per heavy atom. The highest BCUT2D eigenvalue weighted by molar-refractivity contribution is 7.98. The molecule has 0 radical (unpaired) electrons. The van der Waals surface area contributed by atoms with E-state index in [0.717, 1.165) is 50.9 Å². The van der Waals surface area contributed by atoms with Gasteiger partial charge >= 0.3 is 0 Å². The molecule has 1 aromatic carbocycles. The van der Waals surface area contributed by atoms with Gasteiger partial charge in [0.25, 0.3) is 5.91 Å². The Morgan fingerprint density at radius 3 is 2.54 bits per heavy atom. The molecular formula is C23H25N3OS. The molecule has 0 spiro atoms. The quantitative estimate of drug-likeness (QED) is 0.696. The van der Waals surface area contributed by atoms with E-state index in [1.165, 1.54) is 17.3 Å². The number of carbonyl (C=O) groups is 1. The number of hydrogen-bond acceptors (Lipinski definition) is 4. The van der Waals surface area contributed by atoms with Gasteiger partial charge in [-0.1, -0.05) is 30.3 Å². The molecule has 1 amide bonds. The number of benzene rings is 1. The van der Waals surface area contributed by atoms with Crippen molar-refractivity contribution in [1.82, 2.24) is 9.88 Å². The summed E-state index contributed by atoms with van der Waals surface area (Å²) >= 11 is 1.45. The van der Waals surface area contributed by atoms with Crippen molar-refractivity contribution < 1.29 is 4.79 Å². The minimum Gasteiger partial charge on any atom is -0.339 e. The van der Waals surface area contributed by atoms with Crippen LogP contribution in [0.1, 0.15) is 58.8 Å². The Kier molecular flexibility index (Phi) is 5.68. The van der Waals surface area contributed by atoms with E-state index < -0.39 is 0 Å². The fraction of sp³-hybridized carbons (Fsp3) is 0.435. The fourth-order valence-electron chi connectivity index (χ4n) is 4.01. The predicted octanol–water partition coefficient (Wildman–Crippen LogP) is 4.65. The first kappa shape index (κ1) is 19.0. The van der Waals surface area contributed by atoms with Gasteiger partial charge < -0.3 is 4.90 Å². The molecule has 1 saturated carbocycles. The largest absolute Gasteiger partial charge is 0.339 e. The second kappa shape index (κ2) is 8.36. The smallest absolute Gasteiger partial charge is 0.255 e. The van der Waals surface area contributed by atoms with Gasteiger partial charge in [-0.15, -0.1) is 11.8 Å². The van der Waals surface area contributed by atoms with E-state index in [1.807, 2.05) is 23.3 Å². The number of nitrogens with zero attached hydrogens (tertiary/aromatic N) is 3. The average Bonchev–Trinajstić information content (AvgIpc) is 3.59. The van der Waals surface area contributed by atoms with E-state index >= 15 is 0 Å². The molecule has 1 aliphatic heterocycles. The molecule has 2 fully saturated rings. The second-order valence-corrected chi connectivity index (χ2v) is 8.59. The van der Waals surface area contributed by atoms with Crippen LogP contribution in [0.4, 0.5) is 0 Å². The molecule has 144 valence electrons. The summed E-state index contributed by atoms with van der Waals surface area (Å²) in [7, 11) is 0. The number of thioether (sulfide) groups is 1. The Labute approximate surface area is 171 Å². The highest BCUT2D eigenvalue weighted by atomic mass is 32.2. The van der Waals surface area contributed by atoms with Gasteiger partial charge in [0.2, 0.25) is 0 Å². The Bertz CT molecular complexity index is 894. The van der Waals surface area contributed by atoms with Gasteiger partial charge in [0, 0.05) is 24.7 Å². The summed E-state index contributed by atoms with van der Waals surface area (Å²) in [5.74, 6) is 1.07. The summed E-state index contributed by atoms with van der Waals surface area (Å²) in [6, 6.07) is 14.7. The van der Waals surface area contributed by atoms with E-state index in [1.54, 1.807) is 0 Å². The first-order chi connectivity index (χ1) is 13.7. The van der Waals surface area contributed by atoms with Crippen LogP contribution in [0.3, 0.4) is 0 Å². The molecule has 1 aromatic heterocycles. The van der Waals surface area contributed by atoms with E-state index in [4.69, 9.17) is 0 Å². The van der Waals surface area contributed by atoms with Crippen molar-refractivity contribution in [2.75, 3.05) is 19.3 Å². The van der Waals surface area contributed by atoms with E-state index in [-0.39, 0.29) is 5.91 Å². The van der Waals surface area contributed by atoms with Gasteiger partial charge in [-0.05, 0) is 55.9 Å². The molecule has 0 N–H and O–H groups in total. The summed E-state index contributed by atoms with van der Waals surface area (Å²) in [4.78, 5) is 19.8. The van der Waals surface area contributed by atoms with Crippen LogP contribution in [0.25, 0.3) is 0 Å². The molecule has 5 heteroatoms. The first-order valence-electron chi connectivity index (χ1n) is 10.0. The van der Waals surface area contributed by atoms with Crippen molar-refractivity contribution in [1.29, 1.82) is 5.26 Å². The van der Waals surface area contributed by atoms with Crippen LogP contribution in [0.2, 0.25) is 0 Å². The number of amides is 1. The lowest BCUT2D eigenvalue weighted by Crippen LogP contribution is -2.39. The number of aromatic nitrogens is 1. The standard InChI is InChI=1S/C23H25N3OS/c1-28-22-20(15-24)19(14-21(25-22)18-7-8-18)23(27)26-11-9-17(10-12-26)13-16-5-3-2-4-6-16/h2-6,14,17-18H,7-13H2,1H3. The number of hydrogen-bond donors (Lipinski definition) is 0. The van der Waals surface area contributed by atoms with Gasteiger partial charge in [-0.3, -0.25) is 4.79 Å². The Morgan fingerprint density at radius 2 is 1.93 bits per heavy atom. The topological polar surface area (TPSA) is 57.0 Å². The molecule has 2 aromatic rings. The number of carbonyl (C=O) groups excluding carboxylic acids is 1.